The van der Waals surface area contributed by atoms with E-state index in [2.05, 4.69) is 17.6 Å². The minimum Gasteiger partial charge on any atom is -0.497 e. The molecular weight excluding hydrogens is 346 g/mol. The van der Waals surface area contributed by atoms with E-state index >= 15 is 0 Å². The van der Waals surface area contributed by atoms with Gasteiger partial charge in [-0.15, -0.1) is 0 Å². The van der Waals surface area contributed by atoms with Gasteiger partial charge in [0.1, 0.15) is 5.75 Å². The monoisotopic (exact) mass is 369 g/mol. The maximum atomic E-state index is 11.9. The van der Waals surface area contributed by atoms with Crippen molar-refractivity contribution in [2.75, 3.05) is 23.9 Å². The molecule has 1 atom stereocenters. The van der Waals surface area contributed by atoms with Gasteiger partial charge in [-0.25, -0.2) is 0 Å². The Balaban J connectivity index is 1.61. The number of rotatable bonds is 5. The summed E-state index contributed by atoms with van der Waals surface area (Å²) in [5, 5.41) is 7.02. The van der Waals surface area contributed by atoms with Gasteiger partial charge in [-0.05, 0) is 61.5 Å². The van der Waals surface area contributed by atoms with E-state index in [1.54, 1.807) is 7.11 Å². The van der Waals surface area contributed by atoms with Gasteiger partial charge in [0.15, 0.2) is 5.11 Å². The van der Waals surface area contributed by atoms with Crippen LogP contribution < -0.4 is 20.3 Å². The quantitative estimate of drug-likeness (QED) is 0.784. The van der Waals surface area contributed by atoms with Gasteiger partial charge in [0, 0.05) is 24.3 Å². The Bertz CT molecular complexity index is 792. The van der Waals surface area contributed by atoms with E-state index in [1.165, 1.54) is 0 Å². The lowest BCUT2D eigenvalue weighted by Gasteiger charge is -2.19. The molecule has 136 valence electrons. The molecule has 1 fully saturated rings. The van der Waals surface area contributed by atoms with Crippen LogP contribution in [0.25, 0.3) is 0 Å². The van der Waals surface area contributed by atoms with Gasteiger partial charge in [0.25, 0.3) is 0 Å². The maximum Gasteiger partial charge on any atom is 0.227 e. The first-order valence-corrected chi connectivity index (χ1v) is 9.09. The summed E-state index contributed by atoms with van der Waals surface area (Å²) < 4.78 is 5.18. The van der Waals surface area contributed by atoms with Gasteiger partial charge in [0.2, 0.25) is 5.91 Å². The van der Waals surface area contributed by atoms with Gasteiger partial charge in [0.05, 0.1) is 13.2 Å². The van der Waals surface area contributed by atoms with Crippen LogP contribution in [0.4, 0.5) is 11.4 Å². The standard InChI is InChI=1S/C20H23N3O2S/c1-14(15-8-10-18(25-2)11-9-15)21-20(26)22-16-5-3-6-17(13-16)23-12-4-7-19(23)24/h3,5-6,8-11,13-14H,4,7,12H2,1-2H3,(H2,21,22,26). The molecule has 2 N–H and O–H groups in total. The second-order valence-electron chi connectivity index (χ2n) is 6.29. The van der Waals surface area contributed by atoms with Crippen LogP contribution in [-0.4, -0.2) is 24.7 Å². The Morgan fingerprint density at radius 2 is 2.00 bits per heavy atom. The summed E-state index contributed by atoms with van der Waals surface area (Å²) in [5.41, 5.74) is 2.89. The van der Waals surface area contributed by atoms with Crippen molar-refractivity contribution in [1.29, 1.82) is 0 Å². The average molecular weight is 369 g/mol. The van der Waals surface area contributed by atoms with Crippen LogP contribution in [-0.2, 0) is 4.79 Å². The smallest absolute Gasteiger partial charge is 0.227 e. The Kier molecular flexibility index (Phi) is 5.73. The van der Waals surface area contributed by atoms with Crippen LogP contribution in [0.15, 0.2) is 48.5 Å². The van der Waals surface area contributed by atoms with Crippen LogP contribution in [0.3, 0.4) is 0 Å². The van der Waals surface area contributed by atoms with Crippen molar-refractivity contribution >= 4 is 34.6 Å². The number of carbonyl (C=O) groups excluding carboxylic acids is 1. The summed E-state index contributed by atoms with van der Waals surface area (Å²) >= 11 is 5.43. The number of hydrogen-bond donors (Lipinski definition) is 2. The zero-order chi connectivity index (χ0) is 18.5. The molecule has 0 aliphatic carbocycles. The fourth-order valence-electron chi connectivity index (χ4n) is 3.01. The largest absolute Gasteiger partial charge is 0.497 e. The molecule has 1 amide bonds. The van der Waals surface area contributed by atoms with E-state index in [4.69, 9.17) is 17.0 Å². The normalized spacial score (nSPS) is 14.8. The highest BCUT2D eigenvalue weighted by atomic mass is 32.1. The van der Waals surface area contributed by atoms with Crippen molar-refractivity contribution in [2.24, 2.45) is 0 Å². The van der Waals surface area contributed by atoms with E-state index < -0.39 is 0 Å². The molecule has 2 aromatic carbocycles. The summed E-state index contributed by atoms with van der Waals surface area (Å²) in [6, 6.07) is 15.7. The number of carbonyl (C=O) groups is 1. The zero-order valence-corrected chi connectivity index (χ0v) is 15.8. The summed E-state index contributed by atoms with van der Waals surface area (Å²) in [4.78, 5) is 13.7. The van der Waals surface area contributed by atoms with Crippen LogP contribution in [0.5, 0.6) is 5.75 Å². The first kappa shape index (κ1) is 18.2. The number of nitrogens with one attached hydrogen (secondary N) is 2. The van der Waals surface area contributed by atoms with Crippen molar-refractivity contribution in [1.82, 2.24) is 5.32 Å². The lowest BCUT2D eigenvalue weighted by atomic mass is 10.1. The number of amides is 1. The highest BCUT2D eigenvalue weighted by Crippen LogP contribution is 2.24. The second-order valence-corrected chi connectivity index (χ2v) is 6.70. The predicted octanol–water partition coefficient (Wildman–Crippen LogP) is 3.87. The van der Waals surface area contributed by atoms with E-state index in [0.29, 0.717) is 11.5 Å². The Hall–Kier alpha value is -2.60. The number of methoxy groups -OCH3 is 1. The van der Waals surface area contributed by atoms with Crippen LogP contribution in [0, 0.1) is 0 Å². The minimum absolute atomic E-state index is 0.0595. The lowest BCUT2D eigenvalue weighted by molar-refractivity contribution is -0.117. The lowest BCUT2D eigenvalue weighted by Crippen LogP contribution is -2.31. The van der Waals surface area contributed by atoms with E-state index in [1.807, 2.05) is 53.4 Å². The Morgan fingerprint density at radius 3 is 2.65 bits per heavy atom. The van der Waals surface area contributed by atoms with Gasteiger partial charge in [-0.3, -0.25) is 4.79 Å². The average Bonchev–Trinajstić information content (AvgIpc) is 3.08. The summed E-state index contributed by atoms with van der Waals surface area (Å²) in [6.07, 6.45) is 1.53. The third-order valence-corrected chi connectivity index (χ3v) is 4.67. The fraction of sp³-hybridized carbons (Fsp3) is 0.300. The first-order valence-electron chi connectivity index (χ1n) is 8.69. The van der Waals surface area contributed by atoms with Crippen molar-refractivity contribution in [3.05, 3.63) is 54.1 Å². The molecule has 0 radical (unpaired) electrons. The number of ether oxygens (including phenoxy) is 1. The minimum atomic E-state index is 0.0595. The van der Waals surface area contributed by atoms with E-state index in [9.17, 15) is 4.79 Å². The zero-order valence-electron chi connectivity index (χ0n) is 15.0. The second kappa shape index (κ2) is 8.19. The summed E-state index contributed by atoms with van der Waals surface area (Å²) in [6.45, 7) is 2.83. The number of benzene rings is 2. The summed E-state index contributed by atoms with van der Waals surface area (Å²) in [7, 11) is 1.65. The number of hydrogen-bond acceptors (Lipinski definition) is 3. The Labute approximate surface area is 159 Å². The molecule has 0 spiro atoms. The highest BCUT2D eigenvalue weighted by molar-refractivity contribution is 7.80. The van der Waals surface area contributed by atoms with Crippen LogP contribution in [0.1, 0.15) is 31.4 Å². The number of nitrogens with zero attached hydrogens (tertiary/aromatic N) is 1. The third-order valence-electron chi connectivity index (χ3n) is 4.45. The van der Waals surface area contributed by atoms with Crippen LogP contribution >= 0.6 is 12.2 Å². The molecule has 0 bridgehead atoms. The summed E-state index contributed by atoms with van der Waals surface area (Å²) in [5.74, 6) is 1.01. The molecule has 6 heteroatoms. The molecule has 26 heavy (non-hydrogen) atoms. The fourth-order valence-corrected chi connectivity index (χ4v) is 3.31. The van der Waals surface area contributed by atoms with Gasteiger partial charge in [-0.1, -0.05) is 18.2 Å². The molecule has 0 aromatic heterocycles. The molecule has 1 saturated heterocycles. The molecule has 0 saturated carbocycles. The van der Waals surface area contributed by atoms with Gasteiger partial charge >= 0.3 is 0 Å². The molecule has 3 rings (SSSR count). The molecule has 1 unspecified atom stereocenters. The molecule has 2 aromatic rings. The predicted molar refractivity (Wildman–Crippen MR) is 109 cm³/mol. The van der Waals surface area contributed by atoms with Gasteiger partial charge in [-0.2, -0.15) is 0 Å². The maximum absolute atomic E-state index is 11.9. The molecular formula is C20H23N3O2S. The third kappa shape index (κ3) is 4.32. The van der Waals surface area contributed by atoms with E-state index in [-0.39, 0.29) is 11.9 Å². The highest BCUT2D eigenvalue weighted by Gasteiger charge is 2.21. The number of thiocarbonyl (C=S) groups is 1. The first-order chi connectivity index (χ1) is 12.6. The molecule has 5 nitrogen and oxygen atoms in total. The molecule has 1 aliphatic heterocycles. The number of anilines is 2. The van der Waals surface area contributed by atoms with Crippen molar-refractivity contribution in [3.63, 3.8) is 0 Å². The van der Waals surface area contributed by atoms with Crippen molar-refractivity contribution in [3.8, 4) is 5.75 Å². The van der Waals surface area contributed by atoms with Crippen molar-refractivity contribution < 1.29 is 9.53 Å². The van der Waals surface area contributed by atoms with E-state index in [0.717, 1.165) is 35.7 Å². The Morgan fingerprint density at radius 1 is 1.23 bits per heavy atom. The van der Waals surface area contributed by atoms with Crippen LogP contribution in [0.2, 0.25) is 0 Å². The molecule has 1 heterocycles. The van der Waals surface area contributed by atoms with Gasteiger partial charge < -0.3 is 20.3 Å². The SMILES string of the molecule is COc1ccc(C(C)NC(=S)Nc2cccc(N3CCCC3=O)c2)cc1. The molecule has 1 aliphatic rings. The topological polar surface area (TPSA) is 53.6 Å². The van der Waals surface area contributed by atoms with Crippen molar-refractivity contribution in [2.45, 2.75) is 25.8 Å².